The summed E-state index contributed by atoms with van der Waals surface area (Å²) < 4.78 is 0. The number of hydrogen-bond acceptors (Lipinski definition) is 6. The zero-order valence-corrected chi connectivity index (χ0v) is 13.0. The van der Waals surface area contributed by atoms with Crippen molar-refractivity contribution in [3.63, 3.8) is 0 Å². The summed E-state index contributed by atoms with van der Waals surface area (Å²) in [6.07, 6.45) is 2.22. The van der Waals surface area contributed by atoms with Crippen molar-refractivity contribution in [2.24, 2.45) is 0 Å². The van der Waals surface area contributed by atoms with Gasteiger partial charge in [0.05, 0.1) is 17.7 Å². The van der Waals surface area contributed by atoms with Gasteiger partial charge in [-0.05, 0) is 25.6 Å². The Kier molecular flexibility index (Phi) is 4.57. The number of aliphatic hydroxyl groups excluding tert-OH is 1. The maximum absolute atomic E-state index is 10.6. The number of likely N-dealkylation sites (N-methyl/N-ethyl adjacent to an activating group) is 1. The molecule has 6 heteroatoms. The van der Waals surface area contributed by atoms with Gasteiger partial charge in [0, 0.05) is 51.5 Å². The molecule has 0 radical (unpaired) electrons. The normalized spacial score (nSPS) is 27.6. The Labute approximate surface area is 131 Å². The van der Waals surface area contributed by atoms with Crippen LogP contribution in [0.1, 0.15) is 12.0 Å². The van der Waals surface area contributed by atoms with Crippen molar-refractivity contribution in [1.29, 1.82) is 5.26 Å². The number of rotatable bonds is 2. The molecule has 1 aromatic heterocycles. The third-order valence-corrected chi connectivity index (χ3v) is 4.75. The summed E-state index contributed by atoms with van der Waals surface area (Å²) >= 11 is 0. The van der Waals surface area contributed by atoms with Crippen molar-refractivity contribution in [1.82, 2.24) is 14.8 Å². The average Bonchev–Trinajstić information content (AvgIpc) is 2.56. The molecule has 3 heterocycles. The van der Waals surface area contributed by atoms with E-state index in [4.69, 9.17) is 5.26 Å². The molecular weight excluding hydrogens is 278 g/mol. The van der Waals surface area contributed by atoms with Crippen molar-refractivity contribution in [2.75, 3.05) is 51.2 Å². The molecule has 3 rings (SSSR count). The van der Waals surface area contributed by atoms with Crippen LogP contribution in [-0.2, 0) is 0 Å². The third kappa shape index (κ3) is 3.22. The molecule has 2 aliphatic rings. The van der Waals surface area contributed by atoms with Crippen LogP contribution in [0.5, 0.6) is 0 Å². The van der Waals surface area contributed by atoms with Gasteiger partial charge >= 0.3 is 0 Å². The van der Waals surface area contributed by atoms with E-state index >= 15 is 0 Å². The summed E-state index contributed by atoms with van der Waals surface area (Å²) in [6.45, 7) is 5.65. The van der Waals surface area contributed by atoms with Crippen LogP contribution in [0.4, 0.5) is 5.82 Å². The third-order valence-electron chi connectivity index (χ3n) is 4.75. The first-order valence-electron chi connectivity index (χ1n) is 7.89. The Morgan fingerprint density at radius 1 is 1.27 bits per heavy atom. The summed E-state index contributed by atoms with van der Waals surface area (Å²) in [5, 5.41) is 19.5. The second kappa shape index (κ2) is 6.61. The highest BCUT2D eigenvalue weighted by Crippen LogP contribution is 2.22. The van der Waals surface area contributed by atoms with Crippen LogP contribution in [-0.4, -0.2) is 78.4 Å². The molecule has 0 aromatic carbocycles. The van der Waals surface area contributed by atoms with Gasteiger partial charge in [0.15, 0.2) is 0 Å². The minimum Gasteiger partial charge on any atom is -0.390 e. The van der Waals surface area contributed by atoms with E-state index in [-0.39, 0.29) is 12.1 Å². The van der Waals surface area contributed by atoms with Gasteiger partial charge in [-0.15, -0.1) is 0 Å². The fourth-order valence-electron chi connectivity index (χ4n) is 3.37. The molecule has 0 saturated carbocycles. The predicted octanol–water partition coefficient (Wildman–Crippen LogP) is 0.140. The number of anilines is 1. The van der Waals surface area contributed by atoms with Crippen molar-refractivity contribution < 1.29 is 5.11 Å². The largest absolute Gasteiger partial charge is 0.390 e. The van der Waals surface area contributed by atoms with Gasteiger partial charge in [-0.3, -0.25) is 4.90 Å². The first-order chi connectivity index (χ1) is 10.7. The van der Waals surface area contributed by atoms with Crippen LogP contribution in [0.15, 0.2) is 18.3 Å². The lowest BCUT2D eigenvalue weighted by Crippen LogP contribution is -2.58. The maximum atomic E-state index is 10.6. The lowest BCUT2D eigenvalue weighted by molar-refractivity contribution is 0.0138. The maximum Gasteiger partial charge on any atom is 0.129 e. The Morgan fingerprint density at radius 2 is 2.05 bits per heavy atom. The molecule has 22 heavy (non-hydrogen) atoms. The summed E-state index contributed by atoms with van der Waals surface area (Å²) in [4.78, 5) is 11.2. The molecule has 1 aromatic rings. The Hall–Kier alpha value is -1.68. The molecule has 0 unspecified atom stereocenters. The van der Waals surface area contributed by atoms with Gasteiger partial charge in [0.2, 0.25) is 0 Å². The summed E-state index contributed by atoms with van der Waals surface area (Å²) in [6, 6.07) is 5.88. The quantitative estimate of drug-likeness (QED) is 0.838. The van der Waals surface area contributed by atoms with E-state index in [0.29, 0.717) is 12.1 Å². The first-order valence-corrected chi connectivity index (χ1v) is 7.89. The second-order valence-electron chi connectivity index (χ2n) is 6.22. The first kappa shape index (κ1) is 15.2. The molecule has 2 saturated heterocycles. The number of nitrogens with zero attached hydrogens (tertiary/aromatic N) is 5. The van der Waals surface area contributed by atoms with E-state index in [1.54, 1.807) is 18.3 Å². The minimum atomic E-state index is -0.371. The fourth-order valence-corrected chi connectivity index (χ4v) is 3.37. The molecule has 6 nitrogen and oxygen atoms in total. The topological polar surface area (TPSA) is 66.6 Å². The molecule has 2 aliphatic heterocycles. The number of β-amino-alcohol motifs (C(OH)–C–C–N with tert-alkyl or cyclic N) is 1. The highest BCUT2D eigenvalue weighted by Gasteiger charge is 2.33. The number of hydrogen-bond donors (Lipinski definition) is 1. The van der Waals surface area contributed by atoms with Gasteiger partial charge in [-0.2, -0.15) is 5.26 Å². The van der Waals surface area contributed by atoms with E-state index in [2.05, 4.69) is 32.8 Å². The monoisotopic (exact) mass is 301 g/mol. The number of pyridine rings is 1. The standard InChI is InChI=1S/C16H23N5O/c1-19-6-8-20(9-7-19)14-3-5-21(12-15(14)22)16-10-13(11-17)2-4-18-16/h2,4,10,14-15,22H,3,5-9,12H2,1H3/t14-,15-/m1/s1. The van der Waals surface area contributed by atoms with Crippen LogP contribution in [0.25, 0.3) is 0 Å². The molecule has 118 valence electrons. The minimum absolute atomic E-state index is 0.240. The molecule has 0 bridgehead atoms. The average molecular weight is 301 g/mol. The van der Waals surface area contributed by atoms with Crippen LogP contribution in [0, 0.1) is 11.3 Å². The van der Waals surface area contributed by atoms with Crippen LogP contribution >= 0.6 is 0 Å². The van der Waals surface area contributed by atoms with E-state index in [9.17, 15) is 5.11 Å². The SMILES string of the molecule is CN1CCN([C@@H]2CCN(c3cc(C#N)ccn3)C[C@H]2O)CC1. The smallest absolute Gasteiger partial charge is 0.129 e. The van der Waals surface area contributed by atoms with Crippen LogP contribution < -0.4 is 4.90 Å². The Bertz CT molecular complexity index is 550. The highest BCUT2D eigenvalue weighted by molar-refractivity contribution is 5.45. The molecule has 0 aliphatic carbocycles. The summed E-state index contributed by atoms with van der Waals surface area (Å²) in [5.41, 5.74) is 0.612. The second-order valence-corrected chi connectivity index (χ2v) is 6.22. The lowest BCUT2D eigenvalue weighted by atomic mass is 9.99. The molecule has 2 atom stereocenters. The Morgan fingerprint density at radius 3 is 2.73 bits per heavy atom. The summed E-state index contributed by atoms with van der Waals surface area (Å²) in [7, 11) is 2.14. The van der Waals surface area contributed by atoms with E-state index in [0.717, 1.165) is 45.0 Å². The van der Waals surface area contributed by atoms with Crippen LogP contribution in [0.3, 0.4) is 0 Å². The molecule has 2 fully saturated rings. The number of aliphatic hydroxyl groups is 1. The predicted molar refractivity (Wildman–Crippen MR) is 84.6 cm³/mol. The van der Waals surface area contributed by atoms with E-state index < -0.39 is 0 Å². The van der Waals surface area contributed by atoms with E-state index in [1.165, 1.54) is 0 Å². The van der Waals surface area contributed by atoms with Gasteiger partial charge in [0.1, 0.15) is 5.82 Å². The van der Waals surface area contributed by atoms with E-state index in [1.807, 2.05) is 0 Å². The van der Waals surface area contributed by atoms with Gasteiger partial charge in [-0.1, -0.05) is 0 Å². The number of nitriles is 1. The van der Waals surface area contributed by atoms with Crippen molar-refractivity contribution in [2.45, 2.75) is 18.6 Å². The van der Waals surface area contributed by atoms with Crippen LogP contribution in [0.2, 0.25) is 0 Å². The summed E-state index contributed by atoms with van der Waals surface area (Å²) in [5.74, 6) is 0.787. The zero-order chi connectivity index (χ0) is 15.5. The number of piperazine rings is 1. The highest BCUT2D eigenvalue weighted by atomic mass is 16.3. The fraction of sp³-hybridized carbons (Fsp3) is 0.625. The lowest BCUT2D eigenvalue weighted by Gasteiger charge is -2.44. The van der Waals surface area contributed by atoms with Crippen molar-refractivity contribution in [3.8, 4) is 6.07 Å². The molecule has 0 amide bonds. The number of piperidine rings is 1. The molecule has 0 spiro atoms. The molecular formula is C16H23N5O. The number of aromatic nitrogens is 1. The van der Waals surface area contributed by atoms with Gasteiger partial charge < -0.3 is 14.9 Å². The zero-order valence-electron chi connectivity index (χ0n) is 13.0. The van der Waals surface area contributed by atoms with Crippen molar-refractivity contribution >= 4 is 5.82 Å². The van der Waals surface area contributed by atoms with Gasteiger partial charge in [0.25, 0.3) is 0 Å². The Balaban J connectivity index is 1.63. The van der Waals surface area contributed by atoms with Gasteiger partial charge in [-0.25, -0.2) is 4.98 Å². The molecule has 1 N–H and O–H groups in total. The van der Waals surface area contributed by atoms with Crippen molar-refractivity contribution in [3.05, 3.63) is 23.9 Å².